The van der Waals surface area contributed by atoms with Crippen molar-refractivity contribution < 1.29 is 0 Å². The predicted octanol–water partition coefficient (Wildman–Crippen LogP) is 8.55. The quantitative estimate of drug-likeness (QED) is 0.429. The molecule has 1 aromatic heterocycles. The Hall–Kier alpha value is -1.63. The molecule has 2 unspecified atom stereocenters. The lowest BCUT2D eigenvalue weighted by Crippen LogP contribution is -2.09. The zero-order valence-electron chi connectivity index (χ0n) is 19.0. The van der Waals surface area contributed by atoms with E-state index in [4.69, 9.17) is 4.98 Å². The summed E-state index contributed by atoms with van der Waals surface area (Å²) in [6, 6.07) is 13.7. The Morgan fingerprint density at radius 3 is 2.07 bits per heavy atom. The van der Waals surface area contributed by atoms with Crippen molar-refractivity contribution in [1.29, 1.82) is 0 Å². The number of benzene rings is 1. The third kappa shape index (κ3) is 6.43. The molecule has 30 heavy (non-hydrogen) atoms. The normalized spacial score (nSPS) is 24.5. The first kappa shape index (κ1) is 21.6. The van der Waals surface area contributed by atoms with Crippen molar-refractivity contribution in [1.82, 2.24) is 4.98 Å². The van der Waals surface area contributed by atoms with E-state index in [1.54, 1.807) is 0 Å². The molecule has 2 atom stereocenters. The van der Waals surface area contributed by atoms with Crippen LogP contribution in [0.25, 0.3) is 11.3 Å². The molecule has 2 aliphatic rings. The van der Waals surface area contributed by atoms with E-state index in [1.165, 1.54) is 119 Å². The summed E-state index contributed by atoms with van der Waals surface area (Å²) in [6.07, 6.45) is 24.6. The zero-order chi connectivity index (χ0) is 20.4. The number of hydrogen-bond donors (Lipinski definition) is 0. The summed E-state index contributed by atoms with van der Waals surface area (Å²) in [6.45, 7) is 0. The smallest absolute Gasteiger partial charge is 0.0704 e. The predicted molar refractivity (Wildman–Crippen MR) is 129 cm³/mol. The van der Waals surface area contributed by atoms with E-state index in [9.17, 15) is 0 Å². The third-order valence-electron chi connectivity index (χ3n) is 7.71. The van der Waals surface area contributed by atoms with Gasteiger partial charge in [0.1, 0.15) is 0 Å². The fourth-order valence-electron chi connectivity index (χ4n) is 5.87. The summed E-state index contributed by atoms with van der Waals surface area (Å²) in [4.78, 5) is 4.71. The Balaban J connectivity index is 1.45. The highest BCUT2D eigenvalue weighted by Crippen LogP contribution is 2.38. The van der Waals surface area contributed by atoms with Crippen LogP contribution in [0.15, 0.2) is 42.6 Å². The number of hydrogen-bond acceptors (Lipinski definition) is 1. The minimum absolute atomic E-state index is 0.957. The van der Waals surface area contributed by atoms with Crippen LogP contribution in [-0.2, 0) is 12.8 Å². The third-order valence-corrected chi connectivity index (χ3v) is 7.71. The van der Waals surface area contributed by atoms with E-state index in [0.29, 0.717) is 0 Å². The van der Waals surface area contributed by atoms with Crippen molar-refractivity contribution in [3.8, 4) is 11.3 Å². The minimum Gasteiger partial charge on any atom is -0.256 e. The van der Waals surface area contributed by atoms with Gasteiger partial charge in [-0.15, -0.1) is 0 Å². The summed E-state index contributed by atoms with van der Waals surface area (Å²) >= 11 is 0. The monoisotopic (exact) mass is 403 g/mol. The molecule has 1 fully saturated rings. The standard InChI is InChI=1S/C29H41N/c1-2-4-6-8-12-24-13-10-17-28(22-24)29-23-25(20-21-30-29)18-19-27-16-11-15-26(27)14-9-7-5-3-1/h10,13,17,20-23,26-27H,1-9,11-12,14-16,18-19H2. The van der Waals surface area contributed by atoms with Crippen LogP contribution < -0.4 is 0 Å². The van der Waals surface area contributed by atoms with Crippen molar-refractivity contribution in [3.05, 3.63) is 53.7 Å². The molecule has 2 aromatic rings. The number of aryl methyl sites for hydroxylation is 2. The molecule has 2 aliphatic carbocycles. The molecule has 1 aromatic carbocycles. The van der Waals surface area contributed by atoms with Gasteiger partial charge in [0.2, 0.25) is 0 Å². The Morgan fingerprint density at radius 2 is 1.23 bits per heavy atom. The Morgan fingerprint density at radius 1 is 0.567 bits per heavy atom. The molecule has 0 N–H and O–H groups in total. The second kappa shape index (κ2) is 11.7. The van der Waals surface area contributed by atoms with Gasteiger partial charge >= 0.3 is 0 Å². The highest BCUT2D eigenvalue weighted by Gasteiger charge is 2.26. The summed E-state index contributed by atoms with van der Waals surface area (Å²) in [7, 11) is 0. The van der Waals surface area contributed by atoms with Gasteiger partial charge in [-0.05, 0) is 66.8 Å². The SMILES string of the molecule is c1cc2cc(c1)-c1cc(ccn1)CCC1CCCC1CCCCCCCCCCC2. The number of fused-ring (bicyclic) bond motifs is 6. The second-order valence-corrected chi connectivity index (χ2v) is 9.96. The lowest BCUT2D eigenvalue weighted by Gasteiger charge is -2.19. The molecule has 0 amide bonds. The molecule has 1 heteroatoms. The van der Waals surface area contributed by atoms with Gasteiger partial charge in [0.25, 0.3) is 0 Å². The van der Waals surface area contributed by atoms with E-state index in [1.807, 2.05) is 6.20 Å². The maximum absolute atomic E-state index is 4.71. The van der Waals surface area contributed by atoms with Crippen molar-refractivity contribution in [2.75, 3.05) is 0 Å². The van der Waals surface area contributed by atoms with E-state index < -0.39 is 0 Å². The van der Waals surface area contributed by atoms with Crippen LogP contribution in [0.2, 0.25) is 0 Å². The maximum atomic E-state index is 4.71. The highest BCUT2D eigenvalue weighted by molar-refractivity contribution is 5.60. The summed E-state index contributed by atoms with van der Waals surface area (Å²) in [5.74, 6) is 1.95. The molecule has 0 aliphatic heterocycles. The Bertz CT molecular complexity index is 764. The van der Waals surface area contributed by atoms with Crippen molar-refractivity contribution >= 4 is 0 Å². The number of rotatable bonds is 0. The number of nitrogens with zero attached hydrogens (tertiary/aromatic N) is 1. The molecule has 0 radical (unpaired) electrons. The molecule has 162 valence electrons. The van der Waals surface area contributed by atoms with Gasteiger partial charge in [0.05, 0.1) is 5.69 Å². The Kier molecular flexibility index (Phi) is 8.41. The lowest BCUT2D eigenvalue weighted by molar-refractivity contribution is 0.332. The van der Waals surface area contributed by atoms with Crippen LogP contribution in [0, 0.1) is 11.8 Å². The van der Waals surface area contributed by atoms with Gasteiger partial charge in [-0.25, -0.2) is 0 Å². The average molecular weight is 404 g/mol. The van der Waals surface area contributed by atoms with Gasteiger partial charge in [-0.3, -0.25) is 4.98 Å². The van der Waals surface area contributed by atoms with Gasteiger partial charge in [-0.1, -0.05) is 95.2 Å². The summed E-state index contributed by atoms with van der Waals surface area (Å²) in [5.41, 5.74) is 5.39. The first-order valence-corrected chi connectivity index (χ1v) is 12.9. The first-order valence-electron chi connectivity index (χ1n) is 12.9. The number of pyridine rings is 1. The number of aromatic nitrogens is 1. The molecule has 1 saturated carbocycles. The first-order chi connectivity index (χ1) is 14.9. The van der Waals surface area contributed by atoms with Crippen LogP contribution in [0.5, 0.6) is 0 Å². The molecule has 0 saturated heterocycles. The molecule has 1 heterocycles. The van der Waals surface area contributed by atoms with Crippen molar-refractivity contribution in [2.45, 2.75) is 103 Å². The topological polar surface area (TPSA) is 12.9 Å². The van der Waals surface area contributed by atoms with E-state index in [0.717, 1.165) is 17.5 Å². The van der Waals surface area contributed by atoms with Crippen LogP contribution in [-0.4, -0.2) is 4.98 Å². The summed E-state index contributed by atoms with van der Waals surface area (Å²) < 4.78 is 0. The van der Waals surface area contributed by atoms with E-state index in [2.05, 4.69) is 36.4 Å². The molecule has 4 rings (SSSR count). The summed E-state index contributed by atoms with van der Waals surface area (Å²) in [5, 5.41) is 0. The maximum Gasteiger partial charge on any atom is 0.0704 e. The van der Waals surface area contributed by atoms with E-state index >= 15 is 0 Å². The molecule has 4 bridgehead atoms. The van der Waals surface area contributed by atoms with Crippen LogP contribution in [0.3, 0.4) is 0 Å². The second-order valence-electron chi connectivity index (χ2n) is 9.96. The Labute approximate surface area is 184 Å². The van der Waals surface area contributed by atoms with Crippen LogP contribution >= 0.6 is 0 Å². The lowest BCUT2D eigenvalue weighted by atomic mass is 9.86. The molecular weight excluding hydrogens is 362 g/mol. The minimum atomic E-state index is 0.957. The fourth-order valence-corrected chi connectivity index (χ4v) is 5.87. The van der Waals surface area contributed by atoms with Crippen LogP contribution in [0.1, 0.15) is 101 Å². The van der Waals surface area contributed by atoms with Gasteiger partial charge in [0, 0.05) is 11.8 Å². The van der Waals surface area contributed by atoms with Crippen molar-refractivity contribution in [3.63, 3.8) is 0 Å². The average Bonchev–Trinajstić information content (AvgIpc) is 3.23. The van der Waals surface area contributed by atoms with Crippen molar-refractivity contribution in [2.24, 2.45) is 11.8 Å². The highest BCUT2D eigenvalue weighted by atomic mass is 14.7. The van der Waals surface area contributed by atoms with Crippen LogP contribution in [0.4, 0.5) is 0 Å². The largest absolute Gasteiger partial charge is 0.256 e. The van der Waals surface area contributed by atoms with Gasteiger partial charge in [0.15, 0.2) is 0 Å². The molecule has 0 spiro atoms. The molecule has 1 nitrogen and oxygen atoms in total. The zero-order valence-corrected chi connectivity index (χ0v) is 19.0. The van der Waals surface area contributed by atoms with Gasteiger partial charge in [-0.2, -0.15) is 0 Å². The fraction of sp³-hybridized carbons (Fsp3) is 0.621. The molecular formula is C29H41N. The van der Waals surface area contributed by atoms with Gasteiger partial charge < -0.3 is 0 Å². The van der Waals surface area contributed by atoms with E-state index in [-0.39, 0.29) is 0 Å².